The highest BCUT2D eigenvalue weighted by Gasteiger charge is 2.22. The molecule has 1 aromatic carbocycles. The molecule has 0 heterocycles. The lowest BCUT2D eigenvalue weighted by Crippen LogP contribution is -2.06. The van der Waals surface area contributed by atoms with Gasteiger partial charge in [-0.15, -0.1) is 0 Å². The van der Waals surface area contributed by atoms with Crippen LogP contribution in [0.25, 0.3) is 0 Å². The Hall–Kier alpha value is -0.260. The minimum Gasteiger partial charge on any atom is -0.493 e. The topological polar surface area (TPSA) is 38.7 Å². The molecular formula is C9H10Br2O3. The fourth-order valence-corrected chi connectivity index (χ4v) is 1.52. The largest absolute Gasteiger partial charge is 0.493 e. The molecule has 0 aliphatic carbocycles. The molecular weight excluding hydrogens is 316 g/mol. The maximum atomic E-state index is 9.61. The van der Waals surface area contributed by atoms with E-state index in [0.29, 0.717) is 17.1 Å². The third-order valence-corrected chi connectivity index (χ3v) is 2.65. The van der Waals surface area contributed by atoms with Crippen LogP contribution < -0.4 is 9.47 Å². The zero-order valence-electron chi connectivity index (χ0n) is 7.75. The lowest BCUT2D eigenvalue weighted by atomic mass is 10.2. The van der Waals surface area contributed by atoms with Gasteiger partial charge in [-0.2, -0.15) is 0 Å². The van der Waals surface area contributed by atoms with Crippen LogP contribution in [0.1, 0.15) is 5.56 Å². The molecule has 0 saturated carbocycles. The van der Waals surface area contributed by atoms with Gasteiger partial charge in [0.05, 0.1) is 14.2 Å². The normalized spacial score (nSPS) is 11.2. The van der Waals surface area contributed by atoms with Crippen molar-refractivity contribution in [2.24, 2.45) is 0 Å². The molecule has 0 aromatic heterocycles. The van der Waals surface area contributed by atoms with E-state index in [-0.39, 0.29) is 0 Å². The molecule has 0 bridgehead atoms. The standard InChI is InChI=1S/C9H10Br2O3/c1-13-7-4-3-6(9(10,11)12)5-8(7)14-2/h3-5,12H,1-2H3. The van der Waals surface area contributed by atoms with Gasteiger partial charge in [0.1, 0.15) is 0 Å². The second kappa shape index (κ2) is 4.51. The first-order valence-electron chi connectivity index (χ1n) is 3.81. The van der Waals surface area contributed by atoms with Crippen LogP contribution in [0.15, 0.2) is 18.2 Å². The number of rotatable bonds is 3. The van der Waals surface area contributed by atoms with Crippen LogP contribution >= 0.6 is 31.9 Å². The minimum atomic E-state index is -1.24. The number of hydrogen-bond donors (Lipinski definition) is 1. The molecule has 0 radical (unpaired) electrons. The highest BCUT2D eigenvalue weighted by molar-refractivity contribution is 9.24. The zero-order chi connectivity index (χ0) is 10.8. The number of methoxy groups -OCH3 is 2. The van der Waals surface area contributed by atoms with Crippen LogP contribution in [0.4, 0.5) is 0 Å². The summed E-state index contributed by atoms with van der Waals surface area (Å²) in [6.45, 7) is 0. The summed E-state index contributed by atoms with van der Waals surface area (Å²) < 4.78 is 8.92. The predicted octanol–water partition coefficient (Wildman–Crippen LogP) is 2.60. The van der Waals surface area contributed by atoms with Crippen molar-refractivity contribution in [3.8, 4) is 11.5 Å². The summed E-state index contributed by atoms with van der Waals surface area (Å²) in [6, 6.07) is 5.13. The van der Waals surface area contributed by atoms with Crippen LogP contribution in [0.2, 0.25) is 0 Å². The molecule has 0 saturated heterocycles. The minimum absolute atomic E-state index is 0.572. The molecule has 3 nitrogen and oxygen atoms in total. The number of ether oxygens (including phenoxy) is 2. The van der Waals surface area contributed by atoms with Gasteiger partial charge in [-0.3, -0.25) is 0 Å². The van der Waals surface area contributed by atoms with Crippen molar-refractivity contribution in [2.75, 3.05) is 14.2 Å². The molecule has 1 aromatic rings. The molecule has 0 unspecified atom stereocenters. The van der Waals surface area contributed by atoms with Crippen molar-refractivity contribution in [2.45, 2.75) is 3.42 Å². The molecule has 1 N–H and O–H groups in total. The summed E-state index contributed by atoms with van der Waals surface area (Å²) in [5.41, 5.74) is 0.634. The van der Waals surface area contributed by atoms with Crippen molar-refractivity contribution >= 4 is 31.9 Å². The number of aliphatic hydroxyl groups is 1. The molecule has 0 fully saturated rings. The quantitative estimate of drug-likeness (QED) is 0.868. The molecule has 0 atom stereocenters. The van der Waals surface area contributed by atoms with Gasteiger partial charge in [-0.05, 0) is 44.0 Å². The first-order chi connectivity index (χ1) is 6.49. The summed E-state index contributed by atoms with van der Waals surface area (Å²) >= 11 is 6.14. The van der Waals surface area contributed by atoms with E-state index in [0.717, 1.165) is 0 Å². The molecule has 1 rings (SSSR count). The Kier molecular flexibility index (Phi) is 3.80. The maximum Gasteiger partial charge on any atom is 0.201 e. The van der Waals surface area contributed by atoms with E-state index in [1.165, 1.54) is 0 Å². The van der Waals surface area contributed by atoms with Gasteiger partial charge in [0.2, 0.25) is 3.42 Å². The SMILES string of the molecule is COc1ccc(C(O)(Br)Br)cc1OC. The molecule has 0 aliphatic rings. The van der Waals surface area contributed by atoms with Crippen LogP contribution in [0.5, 0.6) is 11.5 Å². The Morgan fingerprint density at radius 1 is 1.14 bits per heavy atom. The van der Waals surface area contributed by atoms with Crippen molar-refractivity contribution < 1.29 is 14.6 Å². The second-order valence-corrected chi connectivity index (χ2v) is 5.97. The average Bonchev–Trinajstić information content (AvgIpc) is 2.15. The molecule has 0 spiro atoms. The van der Waals surface area contributed by atoms with Crippen molar-refractivity contribution in [1.29, 1.82) is 0 Å². The van der Waals surface area contributed by atoms with Gasteiger partial charge >= 0.3 is 0 Å². The Bertz CT molecular complexity index is 320. The van der Waals surface area contributed by atoms with Crippen LogP contribution in [0.3, 0.4) is 0 Å². The van der Waals surface area contributed by atoms with E-state index >= 15 is 0 Å². The van der Waals surface area contributed by atoms with E-state index in [2.05, 4.69) is 31.9 Å². The van der Waals surface area contributed by atoms with Gasteiger partial charge in [-0.25, -0.2) is 0 Å². The predicted molar refractivity (Wildman–Crippen MR) is 61.3 cm³/mol. The maximum absolute atomic E-state index is 9.61. The molecule has 0 aliphatic heterocycles. The third kappa shape index (κ3) is 2.62. The highest BCUT2D eigenvalue weighted by atomic mass is 79.9. The van der Waals surface area contributed by atoms with Crippen molar-refractivity contribution in [3.63, 3.8) is 0 Å². The van der Waals surface area contributed by atoms with Crippen LogP contribution in [0, 0.1) is 0 Å². The fourth-order valence-electron chi connectivity index (χ4n) is 1.02. The van der Waals surface area contributed by atoms with Crippen molar-refractivity contribution in [3.05, 3.63) is 23.8 Å². The zero-order valence-corrected chi connectivity index (χ0v) is 10.9. The fraction of sp³-hybridized carbons (Fsp3) is 0.333. The Labute approximate surface area is 99.3 Å². The van der Waals surface area contributed by atoms with Gasteiger partial charge in [0, 0.05) is 5.56 Å². The average molecular weight is 326 g/mol. The van der Waals surface area contributed by atoms with Crippen molar-refractivity contribution in [1.82, 2.24) is 0 Å². The third-order valence-electron chi connectivity index (χ3n) is 1.73. The number of benzene rings is 1. The smallest absolute Gasteiger partial charge is 0.201 e. The van der Waals surface area contributed by atoms with E-state index in [1.807, 2.05) is 0 Å². The van der Waals surface area contributed by atoms with E-state index < -0.39 is 3.42 Å². The molecule has 14 heavy (non-hydrogen) atoms. The Morgan fingerprint density at radius 2 is 1.71 bits per heavy atom. The first kappa shape index (κ1) is 11.8. The highest BCUT2D eigenvalue weighted by Crippen LogP contribution is 2.39. The monoisotopic (exact) mass is 324 g/mol. The Balaban J connectivity index is 3.14. The summed E-state index contributed by atoms with van der Waals surface area (Å²) in [4.78, 5) is 0. The second-order valence-electron chi connectivity index (χ2n) is 2.61. The summed E-state index contributed by atoms with van der Waals surface area (Å²) in [5.74, 6) is 1.20. The van der Waals surface area contributed by atoms with Gasteiger partial charge < -0.3 is 14.6 Å². The van der Waals surface area contributed by atoms with Gasteiger partial charge in [-0.1, -0.05) is 6.07 Å². The van der Waals surface area contributed by atoms with E-state index in [1.54, 1.807) is 32.4 Å². The van der Waals surface area contributed by atoms with E-state index in [9.17, 15) is 5.11 Å². The van der Waals surface area contributed by atoms with Crippen LogP contribution in [-0.2, 0) is 3.42 Å². The summed E-state index contributed by atoms with van der Waals surface area (Å²) in [6.07, 6.45) is 0. The van der Waals surface area contributed by atoms with Gasteiger partial charge in [0.15, 0.2) is 11.5 Å². The number of halogens is 2. The number of alkyl halides is 2. The lowest BCUT2D eigenvalue weighted by Gasteiger charge is -2.15. The molecule has 0 amide bonds. The summed E-state index contributed by atoms with van der Waals surface area (Å²) in [7, 11) is 3.11. The van der Waals surface area contributed by atoms with Gasteiger partial charge in [0.25, 0.3) is 0 Å². The number of hydrogen-bond acceptors (Lipinski definition) is 3. The van der Waals surface area contributed by atoms with Crippen LogP contribution in [-0.4, -0.2) is 19.3 Å². The summed E-state index contributed by atoms with van der Waals surface area (Å²) in [5, 5.41) is 9.61. The van der Waals surface area contributed by atoms with E-state index in [4.69, 9.17) is 9.47 Å². The lowest BCUT2D eigenvalue weighted by molar-refractivity contribution is 0.248. The first-order valence-corrected chi connectivity index (χ1v) is 5.40. The Morgan fingerprint density at radius 3 is 2.14 bits per heavy atom. The molecule has 5 heteroatoms. The molecule has 78 valence electrons.